The van der Waals surface area contributed by atoms with Crippen LogP contribution >= 0.6 is 11.3 Å². The number of rotatable bonds is 6. The van der Waals surface area contributed by atoms with Crippen LogP contribution in [0.15, 0.2) is 5.38 Å². The molecule has 31 heavy (non-hydrogen) atoms. The summed E-state index contributed by atoms with van der Waals surface area (Å²) in [5, 5.41) is 7.07. The number of thiazole rings is 1. The van der Waals surface area contributed by atoms with Gasteiger partial charge in [0, 0.05) is 43.2 Å². The lowest BCUT2D eigenvalue weighted by Gasteiger charge is -2.18. The van der Waals surface area contributed by atoms with Crippen LogP contribution < -0.4 is 4.90 Å². The van der Waals surface area contributed by atoms with Crippen LogP contribution in [0.4, 0.5) is 5.13 Å². The largest absolute Gasteiger partial charge is 0.341 e. The second-order valence-electron chi connectivity index (χ2n) is 8.35. The highest BCUT2D eigenvalue weighted by Crippen LogP contribution is 2.28. The first-order valence-electron chi connectivity index (χ1n) is 10.4. The summed E-state index contributed by atoms with van der Waals surface area (Å²) in [6.07, 6.45) is 2.14. The monoisotopic (exact) mass is 465 g/mol. The fraction of sp³-hybridized carbons (Fsp3) is 0.600. The topological polar surface area (TPSA) is 105 Å². The second-order valence-corrected chi connectivity index (χ2v) is 11.4. The van der Waals surface area contributed by atoms with E-state index in [1.807, 2.05) is 23.9 Å². The van der Waals surface area contributed by atoms with E-state index in [0.29, 0.717) is 36.8 Å². The molecular weight excluding hydrogens is 438 g/mol. The zero-order valence-corrected chi connectivity index (χ0v) is 19.6. The molecule has 1 atom stereocenters. The first-order valence-corrected chi connectivity index (χ1v) is 13.1. The van der Waals surface area contributed by atoms with Crippen LogP contribution in [0, 0.1) is 13.8 Å². The predicted molar refractivity (Wildman–Crippen MR) is 118 cm³/mol. The number of nitrogens with zero attached hydrogens (tertiary/aromatic N) is 5. The molecule has 1 unspecified atom stereocenters. The fourth-order valence-corrected chi connectivity index (χ4v) is 6.78. The third-order valence-electron chi connectivity index (χ3n) is 6.03. The minimum absolute atomic E-state index is 0.0698. The van der Waals surface area contributed by atoms with Gasteiger partial charge in [0.25, 0.3) is 0 Å². The number of amides is 2. The van der Waals surface area contributed by atoms with E-state index in [9.17, 15) is 18.0 Å². The lowest BCUT2D eigenvalue weighted by Crippen LogP contribution is -2.28. The van der Waals surface area contributed by atoms with Crippen molar-refractivity contribution in [2.45, 2.75) is 52.1 Å². The van der Waals surface area contributed by atoms with Crippen LogP contribution in [0.1, 0.15) is 47.9 Å². The van der Waals surface area contributed by atoms with Crippen LogP contribution in [-0.4, -0.2) is 65.0 Å². The average molecular weight is 466 g/mol. The molecule has 0 aliphatic carbocycles. The van der Waals surface area contributed by atoms with Crippen molar-refractivity contribution in [1.82, 2.24) is 19.7 Å². The standard InChI is InChI=1S/C20H27N5O4S2/c1-13-17(14(2)25(22-13)16-6-8-31(28,29)12-16)10-23(3)19(27)9-15-11-30-20(21-15)24-7-4-5-18(24)26/h11,16H,4-10,12H2,1-3H3. The van der Waals surface area contributed by atoms with Gasteiger partial charge in [-0.15, -0.1) is 11.3 Å². The Labute approximate surface area is 186 Å². The Hall–Kier alpha value is -2.27. The quantitative estimate of drug-likeness (QED) is 0.642. The SMILES string of the molecule is Cc1nn(C2CCS(=O)(=O)C2)c(C)c1CN(C)C(=O)Cc1csc(N2CCCC2=O)n1. The van der Waals surface area contributed by atoms with Crippen molar-refractivity contribution in [3.8, 4) is 0 Å². The zero-order chi connectivity index (χ0) is 22.3. The number of likely N-dealkylation sites (N-methyl/N-ethyl adjacent to an activating group) is 1. The number of hydrogen-bond acceptors (Lipinski definition) is 7. The number of carbonyl (C=O) groups excluding carboxylic acids is 2. The number of anilines is 1. The van der Waals surface area contributed by atoms with E-state index < -0.39 is 9.84 Å². The summed E-state index contributed by atoms with van der Waals surface area (Å²) in [6.45, 7) is 4.90. The predicted octanol–water partition coefficient (Wildman–Crippen LogP) is 1.64. The zero-order valence-electron chi connectivity index (χ0n) is 18.0. The molecule has 0 aromatic carbocycles. The summed E-state index contributed by atoms with van der Waals surface area (Å²) < 4.78 is 25.5. The molecule has 0 saturated carbocycles. The van der Waals surface area contributed by atoms with Gasteiger partial charge in [0.15, 0.2) is 15.0 Å². The Morgan fingerprint density at radius 2 is 2.13 bits per heavy atom. The van der Waals surface area contributed by atoms with Crippen LogP contribution in [-0.2, 0) is 32.4 Å². The second kappa shape index (κ2) is 8.34. The number of aryl methyl sites for hydroxylation is 1. The van der Waals surface area contributed by atoms with Gasteiger partial charge in [0.1, 0.15) is 0 Å². The Kier molecular flexibility index (Phi) is 5.91. The summed E-state index contributed by atoms with van der Waals surface area (Å²) in [5.74, 6) is 0.332. The first kappa shape index (κ1) is 21.9. The Morgan fingerprint density at radius 3 is 2.77 bits per heavy atom. The van der Waals surface area contributed by atoms with E-state index in [1.165, 1.54) is 11.3 Å². The van der Waals surface area contributed by atoms with E-state index in [-0.39, 0.29) is 35.8 Å². The highest BCUT2D eigenvalue weighted by Gasteiger charge is 2.32. The van der Waals surface area contributed by atoms with Gasteiger partial charge in [0.2, 0.25) is 11.8 Å². The molecule has 2 aliphatic heterocycles. The minimum Gasteiger partial charge on any atom is -0.341 e. The van der Waals surface area contributed by atoms with Gasteiger partial charge in [-0.25, -0.2) is 13.4 Å². The molecule has 4 rings (SSSR count). The normalized spacial score (nSPS) is 20.5. The number of sulfone groups is 1. The Bertz CT molecular complexity index is 1120. The van der Waals surface area contributed by atoms with Gasteiger partial charge < -0.3 is 4.90 Å². The number of hydrogen-bond donors (Lipinski definition) is 0. The summed E-state index contributed by atoms with van der Waals surface area (Å²) in [5.41, 5.74) is 3.33. The van der Waals surface area contributed by atoms with E-state index in [2.05, 4.69) is 10.1 Å². The van der Waals surface area contributed by atoms with Crippen molar-refractivity contribution in [1.29, 1.82) is 0 Å². The molecule has 2 aromatic heterocycles. The van der Waals surface area contributed by atoms with Crippen LogP contribution in [0.2, 0.25) is 0 Å². The van der Waals surface area contributed by atoms with Crippen LogP contribution in [0.5, 0.6) is 0 Å². The molecular formula is C20H27N5O4S2. The van der Waals surface area contributed by atoms with Crippen LogP contribution in [0.3, 0.4) is 0 Å². The molecule has 4 heterocycles. The van der Waals surface area contributed by atoms with Crippen molar-refractivity contribution in [3.63, 3.8) is 0 Å². The molecule has 11 heteroatoms. The molecule has 0 radical (unpaired) electrons. The highest BCUT2D eigenvalue weighted by molar-refractivity contribution is 7.91. The van der Waals surface area contributed by atoms with Gasteiger partial charge >= 0.3 is 0 Å². The lowest BCUT2D eigenvalue weighted by molar-refractivity contribution is -0.129. The molecule has 2 aromatic rings. The summed E-state index contributed by atoms with van der Waals surface area (Å²) in [4.78, 5) is 32.5. The molecule has 9 nitrogen and oxygen atoms in total. The van der Waals surface area contributed by atoms with Gasteiger partial charge in [-0.2, -0.15) is 5.10 Å². The molecule has 0 N–H and O–H groups in total. The van der Waals surface area contributed by atoms with Gasteiger partial charge in [0.05, 0.1) is 35.4 Å². The maximum Gasteiger partial charge on any atom is 0.228 e. The van der Waals surface area contributed by atoms with E-state index >= 15 is 0 Å². The summed E-state index contributed by atoms with van der Waals surface area (Å²) >= 11 is 1.39. The fourth-order valence-electron chi connectivity index (χ4n) is 4.22. The van der Waals surface area contributed by atoms with Gasteiger partial charge in [-0.1, -0.05) is 0 Å². The molecule has 2 fully saturated rings. The molecule has 2 saturated heterocycles. The minimum atomic E-state index is -3.00. The highest BCUT2D eigenvalue weighted by atomic mass is 32.2. The van der Waals surface area contributed by atoms with Crippen molar-refractivity contribution in [3.05, 3.63) is 28.0 Å². The Morgan fingerprint density at radius 1 is 1.35 bits per heavy atom. The number of aromatic nitrogens is 3. The summed E-state index contributed by atoms with van der Waals surface area (Å²) in [6, 6.07) is -0.139. The van der Waals surface area contributed by atoms with E-state index in [0.717, 1.165) is 23.4 Å². The molecule has 168 valence electrons. The van der Waals surface area contributed by atoms with Crippen LogP contribution in [0.25, 0.3) is 0 Å². The average Bonchev–Trinajstić information content (AvgIpc) is 3.46. The van der Waals surface area contributed by atoms with Crippen molar-refractivity contribution < 1.29 is 18.0 Å². The molecule has 2 aliphatic rings. The lowest BCUT2D eigenvalue weighted by atomic mass is 10.1. The molecule has 0 bridgehead atoms. The van der Waals surface area contributed by atoms with Crippen molar-refractivity contribution in [2.24, 2.45) is 0 Å². The first-order chi connectivity index (χ1) is 14.6. The third kappa shape index (κ3) is 4.52. The molecule has 0 spiro atoms. The van der Waals surface area contributed by atoms with E-state index in [1.54, 1.807) is 16.8 Å². The number of carbonyl (C=O) groups is 2. The summed E-state index contributed by atoms with van der Waals surface area (Å²) in [7, 11) is -1.25. The Balaban J connectivity index is 1.41. The third-order valence-corrected chi connectivity index (χ3v) is 8.69. The maximum atomic E-state index is 12.8. The van der Waals surface area contributed by atoms with Crippen molar-refractivity contribution >= 4 is 38.1 Å². The smallest absolute Gasteiger partial charge is 0.228 e. The van der Waals surface area contributed by atoms with E-state index in [4.69, 9.17) is 0 Å². The molecule has 2 amide bonds. The van der Waals surface area contributed by atoms with Gasteiger partial charge in [-0.3, -0.25) is 19.2 Å². The van der Waals surface area contributed by atoms with Crippen molar-refractivity contribution in [2.75, 3.05) is 30.0 Å². The maximum absolute atomic E-state index is 12.8. The van der Waals surface area contributed by atoms with Gasteiger partial charge in [-0.05, 0) is 26.7 Å².